The van der Waals surface area contributed by atoms with Crippen LogP contribution in [0.15, 0.2) is 64.1 Å². The lowest BCUT2D eigenvalue weighted by Crippen LogP contribution is -2.17. The van der Waals surface area contributed by atoms with E-state index in [1.807, 2.05) is 0 Å². The number of halogens is 1. The molecular formula is C18H12ClN3O5. The van der Waals surface area contributed by atoms with E-state index < -0.39 is 16.6 Å². The first-order valence-electron chi connectivity index (χ1n) is 7.60. The van der Waals surface area contributed by atoms with Crippen LogP contribution in [0.3, 0.4) is 0 Å². The molecule has 8 nitrogen and oxygen atoms in total. The third kappa shape index (κ3) is 4.31. The number of hydrazone groups is 1. The fraction of sp³-hybridized carbons (Fsp3) is 0. The highest BCUT2D eigenvalue weighted by Gasteiger charge is 2.16. The monoisotopic (exact) mass is 385 g/mol. The standard InChI is InChI=1S/C18H12ClN3O5/c19-12-3-1-11(2-4-12)17-8-6-14(27-17)10-20-21-18(24)15-9-13(22(25)26)5-7-16(15)23/h1-10,23H,(H,21,24)/b20-10+. The second-order valence-corrected chi connectivity index (χ2v) is 5.80. The molecule has 1 heterocycles. The maximum absolute atomic E-state index is 12.0. The van der Waals surface area contributed by atoms with Crippen molar-refractivity contribution in [3.05, 3.63) is 81.1 Å². The van der Waals surface area contributed by atoms with Crippen LogP contribution in [0.2, 0.25) is 5.02 Å². The van der Waals surface area contributed by atoms with Gasteiger partial charge in [0.2, 0.25) is 0 Å². The van der Waals surface area contributed by atoms with Gasteiger partial charge in [-0.1, -0.05) is 11.6 Å². The number of carbonyl (C=O) groups excluding carboxylic acids is 1. The number of furan rings is 1. The number of phenolic OH excluding ortho intramolecular Hbond substituents is 1. The number of hydrogen-bond donors (Lipinski definition) is 2. The Morgan fingerprint density at radius 2 is 1.93 bits per heavy atom. The molecule has 0 fully saturated rings. The molecule has 0 saturated heterocycles. The van der Waals surface area contributed by atoms with Crippen LogP contribution in [0, 0.1) is 10.1 Å². The van der Waals surface area contributed by atoms with Gasteiger partial charge in [0.1, 0.15) is 17.3 Å². The van der Waals surface area contributed by atoms with Gasteiger partial charge in [-0.15, -0.1) is 0 Å². The van der Waals surface area contributed by atoms with E-state index in [-0.39, 0.29) is 11.3 Å². The number of nitrogens with zero attached hydrogens (tertiary/aromatic N) is 2. The summed E-state index contributed by atoms with van der Waals surface area (Å²) in [7, 11) is 0. The Kier molecular flexibility index (Phi) is 5.18. The number of benzene rings is 2. The Balaban J connectivity index is 1.69. The normalized spacial score (nSPS) is 10.9. The molecule has 0 radical (unpaired) electrons. The van der Waals surface area contributed by atoms with Crippen molar-refractivity contribution in [1.29, 1.82) is 0 Å². The molecule has 0 aliphatic heterocycles. The fourth-order valence-electron chi connectivity index (χ4n) is 2.23. The number of hydrogen-bond acceptors (Lipinski definition) is 6. The highest BCUT2D eigenvalue weighted by atomic mass is 35.5. The van der Waals surface area contributed by atoms with Crippen molar-refractivity contribution in [3.63, 3.8) is 0 Å². The zero-order chi connectivity index (χ0) is 19.4. The molecule has 1 amide bonds. The number of nitro benzene ring substituents is 1. The molecule has 2 aromatic carbocycles. The number of carbonyl (C=O) groups is 1. The minimum Gasteiger partial charge on any atom is -0.507 e. The summed E-state index contributed by atoms with van der Waals surface area (Å²) in [6, 6.07) is 13.6. The Morgan fingerprint density at radius 3 is 2.63 bits per heavy atom. The van der Waals surface area contributed by atoms with Crippen molar-refractivity contribution in [3.8, 4) is 17.1 Å². The van der Waals surface area contributed by atoms with Gasteiger partial charge >= 0.3 is 0 Å². The van der Waals surface area contributed by atoms with Gasteiger partial charge in [0.05, 0.1) is 16.7 Å². The van der Waals surface area contributed by atoms with Crippen LogP contribution in [-0.2, 0) is 0 Å². The van der Waals surface area contributed by atoms with Crippen molar-refractivity contribution in [2.45, 2.75) is 0 Å². The van der Waals surface area contributed by atoms with Crippen LogP contribution in [-0.4, -0.2) is 22.2 Å². The molecule has 9 heteroatoms. The molecule has 136 valence electrons. The fourth-order valence-corrected chi connectivity index (χ4v) is 2.35. The molecule has 0 bridgehead atoms. The van der Waals surface area contributed by atoms with Gasteiger partial charge in [-0.3, -0.25) is 14.9 Å². The minimum absolute atomic E-state index is 0.261. The molecule has 3 aromatic rings. The second kappa shape index (κ2) is 7.71. The molecule has 0 saturated carbocycles. The Labute approximate surface area is 157 Å². The summed E-state index contributed by atoms with van der Waals surface area (Å²) in [5.41, 5.74) is 2.42. The summed E-state index contributed by atoms with van der Waals surface area (Å²) >= 11 is 5.84. The molecule has 1 aromatic heterocycles. The van der Waals surface area contributed by atoms with Crippen LogP contribution in [0.5, 0.6) is 5.75 Å². The topological polar surface area (TPSA) is 118 Å². The van der Waals surface area contributed by atoms with Crippen molar-refractivity contribution in [1.82, 2.24) is 5.43 Å². The highest BCUT2D eigenvalue weighted by molar-refractivity contribution is 6.30. The lowest BCUT2D eigenvalue weighted by atomic mass is 10.1. The number of nitrogens with one attached hydrogen (secondary N) is 1. The first-order valence-corrected chi connectivity index (χ1v) is 7.98. The lowest BCUT2D eigenvalue weighted by Gasteiger charge is -2.02. The van der Waals surface area contributed by atoms with Gasteiger partial charge in [0.25, 0.3) is 11.6 Å². The molecule has 0 aliphatic rings. The van der Waals surface area contributed by atoms with Gasteiger partial charge < -0.3 is 9.52 Å². The summed E-state index contributed by atoms with van der Waals surface area (Å²) in [5, 5.41) is 24.8. The number of non-ortho nitro benzene ring substituents is 1. The molecule has 0 spiro atoms. The average molecular weight is 386 g/mol. The SMILES string of the molecule is O=C(N/N=C/c1ccc(-c2ccc(Cl)cc2)o1)c1cc([N+](=O)[O-])ccc1O. The Hall–Kier alpha value is -3.65. The van der Waals surface area contributed by atoms with E-state index in [1.54, 1.807) is 36.4 Å². The predicted molar refractivity (Wildman–Crippen MR) is 99.0 cm³/mol. The molecule has 0 atom stereocenters. The maximum Gasteiger partial charge on any atom is 0.275 e. The van der Waals surface area contributed by atoms with Crippen molar-refractivity contribution >= 4 is 29.4 Å². The first kappa shape index (κ1) is 18.2. The Morgan fingerprint density at radius 1 is 1.19 bits per heavy atom. The van der Waals surface area contributed by atoms with Crippen LogP contribution in [0.25, 0.3) is 11.3 Å². The van der Waals surface area contributed by atoms with E-state index in [4.69, 9.17) is 16.0 Å². The van der Waals surface area contributed by atoms with Gasteiger partial charge in [-0.05, 0) is 42.5 Å². The van der Waals surface area contributed by atoms with Crippen molar-refractivity contribution in [2.75, 3.05) is 0 Å². The summed E-state index contributed by atoms with van der Waals surface area (Å²) in [6.45, 7) is 0. The number of rotatable bonds is 5. The van der Waals surface area contributed by atoms with E-state index in [1.165, 1.54) is 6.21 Å². The molecule has 2 N–H and O–H groups in total. The van der Waals surface area contributed by atoms with Gasteiger partial charge in [-0.25, -0.2) is 5.43 Å². The van der Waals surface area contributed by atoms with Crippen LogP contribution in [0.1, 0.15) is 16.1 Å². The largest absolute Gasteiger partial charge is 0.507 e. The van der Waals surface area contributed by atoms with Gasteiger partial charge in [-0.2, -0.15) is 5.10 Å². The molecule has 27 heavy (non-hydrogen) atoms. The summed E-state index contributed by atoms with van der Waals surface area (Å²) in [6.07, 6.45) is 1.27. The smallest absolute Gasteiger partial charge is 0.275 e. The first-order chi connectivity index (χ1) is 12.9. The Bertz CT molecular complexity index is 1030. The average Bonchev–Trinajstić information content (AvgIpc) is 3.11. The van der Waals surface area contributed by atoms with E-state index >= 15 is 0 Å². The molecule has 3 rings (SSSR count). The van der Waals surface area contributed by atoms with Crippen LogP contribution >= 0.6 is 11.6 Å². The number of phenols is 1. The van der Waals surface area contributed by atoms with E-state index in [9.17, 15) is 20.0 Å². The predicted octanol–water partition coefficient (Wildman–Crippen LogP) is 3.98. The van der Waals surface area contributed by atoms with Crippen LogP contribution in [0.4, 0.5) is 5.69 Å². The molecule has 0 aliphatic carbocycles. The third-order valence-electron chi connectivity index (χ3n) is 3.55. The second-order valence-electron chi connectivity index (χ2n) is 5.37. The maximum atomic E-state index is 12.0. The number of amides is 1. The van der Waals surface area contributed by atoms with Gasteiger partial charge in [0, 0.05) is 22.7 Å². The summed E-state index contributed by atoms with van der Waals surface area (Å²) < 4.78 is 5.59. The molecule has 0 unspecified atom stereocenters. The summed E-state index contributed by atoms with van der Waals surface area (Å²) in [4.78, 5) is 22.1. The van der Waals surface area contributed by atoms with E-state index in [2.05, 4.69) is 10.5 Å². The van der Waals surface area contributed by atoms with Crippen molar-refractivity contribution < 1.29 is 19.2 Å². The zero-order valence-electron chi connectivity index (χ0n) is 13.6. The number of nitro groups is 1. The third-order valence-corrected chi connectivity index (χ3v) is 3.80. The summed E-state index contributed by atoms with van der Waals surface area (Å²) in [5.74, 6) is -0.215. The van der Waals surface area contributed by atoms with E-state index in [0.717, 1.165) is 23.8 Å². The van der Waals surface area contributed by atoms with E-state index in [0.29, 0.717) is 16.5 Å². The quantitative estimate of drug-likeness (QED) is 0.391. The minimum atomic E-state index is -0.795. The van der Waals surface area contributed by atoms with Crippen molar-refractivity contribution in [2.24, 2.45) is 5.10 Å². The van der Waals surface area contributed by atoms with Gasteiger partial charge in [0.15, 0.2) is 0 Å². The zero-order valence-corrected chi connectivity index (χ0v) is 14.4. The molecular weight excluding hydrogens is 374 g/mol. The lowest BCUT2D eigenvalue weighted by molar-refractivity contribution is -0.384. The number of aromatic hydroxyl groups is 1. The van der Waals surface area contributed by atoms with Crippen LogP contribution < -0.4 is 5.43 Å². The highest BCUT2D eigenvalue weighted by Crippen LogP contribution is 2.24.